The molecule has 2 atom stereocenters. The maximum atomic E-state index is 3.78. The zero-order valence-electron chi connectivity index (χ0n) is 14.6. The van der Waals surface area contributed by atoms with Crippen LogP contribution in [0.25, 0.3) is 0 Å². The largest absolute Gasteiger partial charge is 0.313 e. The van der Waals surface area contributed by atoms with E-state index < -0.39 is 0 Å². The molecule has 1 heteroatoms. The van der Waals surface area contributed by atoms with Gasteiger partial charge in [-0.3, -0.25) is 0 Å². The second-order valence-electron chi connectivity index (χ2n) is 7.91. The predicted octanol–water partition coefficient (Wildman–Crippen LogP) is 4.94. The molecule has 0 heterocycles. The zero-order chi connectivity index (χ0) is 15.5. The minimum atomic E-state index is 0.250. The molecule has 2 rings (SSSR count). The normalized spacial score (nSPS) is 18.5. The van der Waals surface area contributed by atoms with Gasteiger partial charge in [-0.15, -0.1) is 0 Å². The summed E-state index contributed by atoms with van der Waals surface area (Å²) in [5.41, 5.74) is 3.16. The number of hydrogen-bond donors (Lipinski definition) is 1. The van der Waals surface area contributed by atoms with Gasteiger partial charge < -0.3 is 5.32 Å². The third-order valence-corrected chi connectivity index (χ3v) is 4.93. The second kappa shape index (κ2) is 6.96. The fraction of sp³-hybridized carbons (Fsp3) is 0.700. The number of rotatable bonds is 7. The van der Waals surface area contributed by atoms with Crippen LogP contribution in [-0.4, -0.2) is 12.6 Å². The molecule has 0 saturated heterocycles. The minimum Gasteiger partial charge on any atom is -0.313 e. The van der Waals surface area contributed by atoms with Crippen LogP contribution in [0, 0.1) is 11.8 Å². The summed E-state index contributed by atoms with van der Waals surface area (Å²) in [6.45, 7) is 12.7. The molecule has 1 fully saturated rings. The maximum Gasteiger partial charge on any atom is 0.0136 e. The fourth-order valence-corrected chi connectivity index (χ4v) is 3.12. The number of nitrogens with one attached hydrogen (secondary N) is 1. The summed E-state index contributed by atoms with van der Waals surface area (Å²) in [6, 6.07) is 9.93. The Morgan fingerprint density at radius 3 is 2.24 bits per heavy atom. The minimum absolute atomic E-state index is 0.250. The zero-order valence-corrected chi connectivity index (χ0v) is 14.6. The van der Waals surface area contributed by atoms with Gasteiger partial charge in [0.1, 0.15) is 0 Å². The van der Waals surface area contributed by atoms with Gasteiger partial charge >= 0.3 is 0 Å². The average molecular weight is 287 g/mol. The van der Waals surface area contributed by atoms with Gasteiger partial charge in [-0.2, -0.15) is 0 Å². The molecule has 1 aromatic rings. The summed E-state index contributed by atoms with van der Waals surface area (Å²) in [7, 11) is 0. The van der Waals surface area contributed by atoms with Crippen LogP contribution in [0.1, 0.15) is 65.0 Å². The first-order valence-electron chi connectivity index (χ1n) is 8.74. The Hall–Kier alpha value is -0.820. The molecule has 2 unspecified atom stereocenters. The molecule has 1 N–H and O–H groups in total. The molecule has 21 heavy (non-hydrogen) atoms. The molecule has 0 amide bonds. The van der Waals surface area contributed by atoms with Crippen molar-refractivity contribution in [2.45, 2.75) is 71.8 Å². The molecule has 1 saturated carbocycles. The average Bonchev–Trinajstić information content (AvgIpc) is 3.26. The Morgan fingerprint density at radius 1 is 1.14 bits per heavy atom. The van der Waals surface area contributed by atoms with Crippen LogP contribution in [0.5, 0.6) is 0 Å². The molecule has 0 aliphatic heterocycles. The second-order valence-corrected chi connectivity index (χ2v) is 7.91. The quantitative estimate of drug-likeness (QED) is 0.749. The van der Waals surface area contributed by atoms with Crippen molar-refractivity contribution in [2.75, 3.05) is 6.54 Å². The van der Waals surface area contributed by atoms with E-state index >= 15 is 0 Å². The van der Waals surface area contributed by atoms with Gasteiger partial charge in [0.2, 0.25) is 0 Å². The standard InChI is InChI=1S/C20H33N/c1-6-13-21-19(15(2)17-9-10-17)14-16-7-11-18(12-8-16)20(3,4)5/h7-8,11-12,15,17,19,21H,6,9-10,13-14H2,1-5H3. The van der Waals surface area contributed by atoms with Crippen molar-refractivity contribution < 1.29 is 0 Å². The van der Waals surface area contributed by atoms with E-state index in [1.54, 1.807) is 0 Å². The summed E-state index contributed by atoms with van der Waals surface area (Å²) in [6.07, 6.45) is 5.27. The van der Waals surface area contributed by atoms with Crippen molar-refractivity contribution in [1.29, 1.82) is 0 Å². The lowest BCUT2D eigenvalue weighted by atomic mass is 9.85. The first-order valence-corrected chi connectivity index (χ1v) is 8.74. The molecular formula is C20H33N. The Labute approximate surface area is 131 Å². The van der Waals surface area contributed by atoms with Gasteiger partial charge in [0, 0.05) is 6.04 Å². The van der Waals surface area contributed by atoms with Gasteiger partial charge in [-0.1, -0.05) is 58.9 Å². The topological polar surface area (TPSA) is 12.0 Å². The molecular weight excluding hydrogens is 254 g/mol. The van der Waals surface area contributed by atoms with E-state index in [4.69, 9.17) is 0 Å². The molecule has 0 bridgehead atoms. The summed E-state index contributed by atoms with van der Waals surface area (Å²) in [4.78, 5) is 0. The van der Waals surface area contributed by atoms with Crippen molar-refractivity contribution in [3.63, 3.8) is 0 Å². The summed E-state index contributed by atoms with van der Waals surface area (Å²) < 4.78 is 0. The summed E-state index contributed by atoms with van der Waals surface area (Å²) in [5, 5.41) is 3.78. The van der Waals surface area contributed by atoms with Crippen LogP contribution in [0.3, 0.4) is 0 Å². The lowest BCUT2D eigenvalue weighted by Crippen LogP contribution is -2.38. The van der Waals surface area contributed by atoms with E-state index in [2.05, 4.69) is 64.2 Å². The van der Waals surface area contributed by atoms with Crippen LogP contribution in [0.15, 0.2) is 24.3 Å². The van der Waals surface area contributed by atoms with E-state index in [1.165, 1.54) is 36.8 Å². The van der Waals surface area contributed by atoms with Gasteiger partial charge in [-0.25, -0.2) is 0 Å². The van der Waals surface area contributed by atoms with Crippen LogP contribution in [-0.2, 0) is 11.8 Å². The van der Waals surface area contributed by atoms with E-state index in [-0.39, 0.29) is 5.41 Å². The lowest BCUT2D eigenvalue weighted by Gasteiger charge is -2.26. The van der Waals surface area contributed by atoms with E-state index in [1.807, 2.05) is 0 Å². The van der Waals surface area contributed by atoms with E-state index in [0.717, 1.165) is 18.4 Å². The van der Waals surface area contributed by atoms with Crippen molar-refractivity contribution >= 4 is 0 Å². The molecule has 1 nitrogen and oxygen atoms in total. The van der Waals surface area contributed by atoms with Crippen LogP contribution in [0.2, 0.25) is 0 Å². The van der Waals surface area contributed by atoms with Crippen molar-refractivity contribution in [1.82, 2.24) is 5.32 Å². The number of benzene rings is 1. The highest BCUT2D eigenvalue weighted by atomic mass is 14.9. The van der Waals surface area contributed by atoms with Gasteiger partial charge in [0.15, 0.2) is 0 Å². The summed E-state index contributed by atoms with van der Waals surface area (Å²) in [5.74, 6) is 1.77. The smallest absolute Gasteiger partial charge is 0.0136 e. The molecule has 1 aliphatic carbocycles. The Morgan fingerprint density at radius 2 is 1.76 bits per heavy atom. The predicted molar refractivity (Wildman–Crippen MR) is 92.8 cm³/mol. The molecule has 1 aliphatic rings. The first kappa shape index (κ1) is 16.5. The lowest BCUT2D eigenvalue weighted by molar-refractivity contribution is 0.339. The number of hydrogen-bond acceptors (Lipinski definition) is 1. The monoisotopic (exact) mass is 287 g/mol. The molecule has 0 spiro atoms. The fourth-order valence-electron chi connectivity index (χ4n) is 3.12. The molecule has 1 aromatic carbocycles. The highest BCUT2D eigenvalue weighted by molar-refractivity contribution is 5.28. The third kappa shape index (κ3) is 4.85. The van der Waals surface area contributed by atoms with E-state index in [9.17, 15) is 0 Å². The Balaban J connectivity index is 2.01. The summed E-state index contributed by atoms with van der Waals surface area (Å²) >= 11 is 0. The molecule has 0 aromatic heterocycles. The maximum absolute atomic E-state index is 3.78. The van der Waals surface area contributed by atoms with Crippen molar-refractivity contribution in [3.8, 4) is 0 Å². The highest BCUT2D eigenvalue weighted by Crippen LogP contribution is 2.39. The van der Waals surface area contributed by atoms with Crippen molar-refractivity contribution in [3.05, 3.63) is 35.4 Å². The van der Waals surface area contributed by atoms with Crippen LogP contribution in [0.4, 0.5) is 0 Å². The molecule has 0 radical (unpaired) electrons. The van der Waals surface area contributed by atoms with Gasteiger partial charge in [0.25, 0.3) is 0 Å². The highest BCUT2D eigenvalue weighted by Gasteiger charge is 2.32. The Kier molecular flexibility index (Phi) is 5.48. The van der Waals surface area contributed by atoms with Gasteiger partial charge in [0.05, 0.1) is 0 Å². The van der Waals surface area contributed by atoms with Gasteiger partial charge in [-0.05, 0) is 60.6 Å². The first-order chi connectivity index (χ1) is 9.91. The SMILES string of the molecule is CCCNC(Cc1ccc(C(C)(C)C)cc1)C(C)C1CC1. The third-order valence-electron chi connectivity index (χ3n) is 4.93. The van der Waals surface area contributed by atoms with E-state index in [0.29, 0.717) is 6.04 Å². The van der Waals surface area contributed by atoms with Crippen molar-refractivity contribution in [2.24, 2.45) is 11.8 Å². The Bertz CT molecular complexity index is 422. The van der Waals surface area contributed by atoms with Crippen LogP contribution >= 0.6 is 0 Å². The molecule has 118 valence electrons. The van der Waals surface area contributed by atoms with Crippen LogP contribution < -0.4 is 5.32 Å².